The van der Waals surface area contributed by atoms with Crippen LogP contribution in [0.25, 0.3) is 11.0 Å². The van der Waals surface area contributed by atoms with Gasteiger partial charge in [0.2, 0.25) is 0 Å². The maximum Gasteiger partial charge on any atom is 0.279 e. The SMILES string of the molecule is CCc1nn(C)c2c(=O)n([C@@H](C)Cc3cccc(C)n3)cnc12. The average Bonchev–Trinajstić information content (AvgIpc) is 2.84. The summed E-state index contributed by atoms with van der Waals surface area (Å²) < 4.78 is 3.31. The lowest BCUT2D eigenvalue weighted by Crippen LogP contribution is -2.26. The number of aryl methyl sites for hydroxylation is 3. The summed E-state index contributed by atoms with van der Waals surface area (Å²) in [6.07, 6.45) is 3.08. The highest BCUT2D eigenvalue weighted by molar-refractivity contribution is 5.76. The molecule has 0 aromatic carbocycles. The van der Waals surface area contributed by atoms with Crippen molar-refractivity contribution in [3.8, 4) is 0 Å². The van der Waals surface area contributed by atoms with Crippen LogP contribution in [0.3, 0.4) is 0 Å². The minimum atomic E-state index is -0.0511. The van der Waals surface area contributed by atoms with E-state index in [1.165, 1.54) is 0 Å². The fraction of sp³-hybridized carbons (Fsp3) is 0.412. The zero-order valence-corrected chi connectivity index (χ0v) is 13.9. The third-order valence-corrected chi connectivity index (χ3v) is 4.10. The monoisotopic (exact) mass is 311 g/mol. The van der Waals surface area contributed by atoms with Crippen LogP contribution in [0.15, 0.2) is 29.3 Å². The molecule has 120 valence electrons. The Kier molecular flexibility index (Phi) is 3.98. The van der Waals surface area contributed by atoms with Gasteiger partial charge in [-0.1, -0.05) is 13.0 Å². The highest BCUT2D eigenvalue weighted by Gasteiger charge is 2.16. The Hall–Kier alpha value is -2.50. The van der Waals surface area contributed by atoms with Crippen LogP contribution in [0.1, 0.15) is 37.0 Å². The Morgan fingerprint density at radius 2 is 2.09 bits per heavy atom. The number of hydrogen-bond acceptors (Lipinski definition) is 4. The van der Waals surface area contributed by atoms with E-state index in [9.17, 15) is 4.79 Å². The van der Waals surface area contributed by atoms with Crippen molar-refractivity contribution >= 4 is 11.0 Å². The Morgan fingerprint density at radius 3 is 2.78 bits per heavy atom. The molecule has 0 bridgehead atoms. The van der Waals surface area contributed by atoms with Crippen LogP contribution >= 0.6 is 0 Å². The van der Waals surface area contributed by atoms with Gasteiger partial charge in [0, 0.05) is 30.9 Å². The van der Waals surface area contributed by atoms with E-state index in [4.69, 9.17) is 0 Å². The van der Waals surface area contributed by atoms with Crippen molar-refractivity contribution in [1.82, 2.24) is 24.3 Å². The van der Waals surface area contributed by atoms with E-state index in [2.05, 4.69) is 15.1 Å². The molecule has 3 aromatic heterocycles. The smallest absolute Gasteiger partial charge is 0.279 e. The molecule has 0 aliphatic carbocycles. The number of rotatable bonds is 4. The van der Waals surface area contributed by atoms with Gasteiger partial charge in [-0.3, -0.25) is 19.0 Å². The zero-order chi connectivity index (χ0) is 16.6. The highest BCUT2D eigenvalue weighted by Crippen LogP contribution is 2.15. The predicted octanol–water partition coefficient (Wildman–Crippen LogP) is 2.20. The number of pyridine rings is 1. The predicted molar refractivity (Wildman–Crippen MR) is 89.5 cm³/mol. The first kappa shape index (κ1) is 15.4. The van der Waals surface area contributed by atoms with Crippen LogP contribution in [0.4, 0.5) is 0 Å². The van der Waals surface area contributed by atoms with Crippen LogP contribution < -0.4 is 5.56 Å². The Balaban J connectivity index is 2.01. The molecule has 6 heteroatoms. The lowest BCUT2D eigenvalue weighted by Gasteiger charge is -2.14. The molecule has 0 saturated heterocycles. The van der Waals surface area contributed by atoms with Gasteiger partial charge in [0.05, 0.1) is 12.0 Å². The molecule has 6 nitrogen and oxygen atoms in total. The van der Waals surface area contributed by atoms with E-state index in [0.717, 1.165) is 23.5 Å². The van der Waals surface area contributed by atoms with Crippen LogP contribution in [-0.4, -0.2) is 24.3 Å². The molecule has 3 heterocycles. The number of fused-ring (bicyclic) bond motifs is 1. The van der Waals surface area contributed by atoms with Gasteiger partial charge in [-0.05, 0) is 32.4 Å². The molecule has 3 aromatic rings. The molecule has 0 aliphatic rings. The van der Waals surface area contributed by atoms with Gasteiger partial charge >= 0.3 is 0 Å². The Labute approximate surface area is 134 Å². The summed E-state index contributed by atoms with van der Waals surface area (Å²) in [6, 6.07) is 5.92. The summed E-state index contributed by atoms with van der Waals surface area (Å²) >= 11 is 0. The van der Waals surface area contributed by atoms with E-state index < -0.39 is 0 Å². The molecule has 0 spiro atoms. The Bertz CT molecular complexity index is 909. The maximum atomic E-state index is 12.8. The van der Waals surface area contributed by atoms with E-state index in [1.807, 2.05) is 39.0 Å². The van der Waals surface area contributed by atoms with E-state index in [0.29, 0.717) is 17.5 Å². The fourth-order valence-corrected chi connectivity index (χ4v) is 2.90. The van der Waals surface area contributed by atoms with Gasteiger partial charge in [-0.15, -0.1) is 0 Å². The van der Waals surface area contributed by atoms with Crippen molar-refractivity contribution in [3.63, 3.8) is 0 Å². The van der Waals surface area contributed by atoms with Gasteiger partial charge in [0.1, 0.15) is 5.52 Å². The van der Waals surface area contributed by atoms with E-state index >= 15 is 0 Å². The molecule has 1 atom stereocenters. The molecule has 0 unspecified atom stereocenters. The molecule has 0 amide bonds. The second-order valence-electron chi connectivity index (χ2n) is 5.90. The third kappa shape index (κ3) is 2.76. The van der Waals surface area contributed by atoms with Gasteiger partial charge in [-0.25, -0.2) is 4.98 Å². The summed E-state index contributed by atoms with van der Waals surface area (Å²) in [5, 5.41) is 4.39. The average molecular weight is 311 g/mol. The van der Waals surface area contributed by atoms with Crippen LogP contribution in [0.2, 0.25) is 0 Å². The first-order chi connectivity index (χ1) is 11.0. The number of aromatic nitrogens is 5. The van der Waals surface area contributed by atoms with Gasteiger partial charge < -0.3 is 0 Å². The van der Waals surface area contributed by atoms with Crippen molar-refractivity contribution in [1.29, 1.82) is 0 Å². The molecule has 0 aliphatic heterocycles. The van der Waals surface area contributed by atoms with Crippen molar-refractivity contribution in [2.75, 3.05) is 0 Å². The summed E-state index contributed by atoms with van der Waals surface area (Å²) in [6.45, 7) is 5.99. The van der Waals surface area contributed by atoms with Gasteiger partial charge in [-0.2, -0.15) is 5.10 Å². The van der Waals surface area contributed by atoms with Gasteiger partial charge in [0.15, 0.2) is 5.52 Å². The summed E-state index contributed by atoms with van der Waals surface area (Å²) in [7, 11) is 1.79. The highest BCUT2D eigenvalue weighted by atomic mass is 16.1. The largest absolute Gasteiger partial charge is 0.294 e. The molecular formula is C17H21N5O. The van der Waals surface area contributed by atoms with Crippen LogP contribution in [0.5, 0.6) is 0 Å². The number of nitrogens with zero attached hydrogens (tertiary/aromatic N) is 5. The lowest BCUT2D eigenvalue weighted by molar-refractivity contribution is 0.515. The molecule has 0 radical (unpaired) electrons. The quantitative estimate of drug-likeness (QED) is 0.741. The molecular weight excluding hydrogens is 290 g/mol. The Morgan fingerprint density at radius 1 is 1.30 bits per heavy atom. The normalized spacial score (nSPS) is 12.7. The first-order valence-electron chi connectivity index (χ1n) is 7.86. The lowest BCUT2D eigenvalue weighted by atomic mass is 10.1. The van der Waals surface area contributed by atoms with Crippen molar-refractivity contribution < 1.29 is 0 Å². The molecule has 0 N–H and O–H groups in total. The first-order valence-corrected chi connectivity index (χ1v) is 7.86. The molecule has 23 heavy (non-hydrogen) atoms. The van der Waals surface area contributed by atoms with Crippen molar-refractivity contribution in [2.45, 2.75) is 39.7 Å². The second kappa shape index (κ2) is 5.95. The summed E-state index contributed by atoms with van der Waals surface area (Å²) in [5.41, 5.74) is 4.04. The van der Waals surface area contributed by atoms with Crippen molar-refractivity contribution in [3.05, 3.63) is 52.0 Å². The molecule has 0 saturated carbocycles. The fourth-order valence-electron chi connectivity index (χ4n) is 2.90. The zero-order valence-electron chi connectivity index (χ0n) is 13.9. The van der Waals surface area contributed by atoms with Crippen LogP contribution in [-0.2, 0) is 19.9 Å². The molecule has 3 rings (SSSR count). The topological polar surface area (TPSA) is 65.6 Å². The van der Waals surface area contributed by atoms with E-state index in [-0.39, 0.29) is 11.6 Å². The minimum Gasteiger partial charge on any atom is -0.294 e. The third-order valence-electron chi connectivity index (χ3n) is 4.10. The van der Waals surface area contributed by atoms with Crippen LogP contribution in [0, 0.1) is 6.92 Å². The standard InChI is InChI=1S/C17H21N5O/c1-5-14-15-16(21(4)20-14)17(23)22(10-18-15)12(3)9-13-8-6-7-11(2)19-13/h6-8,10,12H,5,9H2,1-4H3/t12-/m0/s1. The summed E-state index contributed by atoms with van der Waals surface area (Å²) in [4.78, 5) is 21.8. The van der Waals surface area contributed by atoms with E-state index in [1.54, 1.807) is 22.6 Å². The maximum absolute atomic E-state index is 12.8. The van der Waals surface area contributed by atoms with Gasteiger partial charge in [0.25, 0.3) is 5.56 Å². The second-order valence-corrected chi connectivity index (χ2v) is 5.90. The molecule has 0 fully saturated rings. The number of hydrogen-bond donors (Lipinski definition) is 0. The van der Waals surface area contributed by atoms with Crippen molar-refractivity contribution in [2.24, 2.45) is 7.05 Å². The minimum absolute atomic E-state index is 0.0197. The summed E-state index contributed by atoms with van der Waals surface area (Å²) in [5.74, 6) is 0.